The van der Waals surface area contributed by atoms with Crippen molar-refractivity contribution in [1.82, 2.24) is 5.32 Å². The molecule has 18 heavy (non-hydrogen) atoms. The van der Waals surface area contributed by atoms with Gasteiger partial charge in [0.1, 0.15) is 0 Å². The molecule has 0 aliphatic heterocycles. The van der Waals surface area contributed by atoms with Crippen LogP contribution in [0.1, 0.15) is 26.3 Å². The number of nitrogens with zero attached hydrogens (tertiary/aromatic N) is 1. The number of benzene rings is 1. The Balaban J connectivity index is 2.88. The molecule has 0 aliphatic carbocycles. The quantitative estimate of drug-likeness (QED) is 0.847. The van der Waals surface area contributed by atoms with Crippen molar-refractivity contribution in [2.24, 2.45) is 0 Å². The van der Waals surface area contributed by atoms with E-state index in [0.29, 0.717) is 12.6 Å². The summed E-state index contributed by atoms with van der Waals surface area (Å²) in [6.45, 7) is 7.55. The van der Waals surface area contributed by atoms with E-state index in [1.54, 1.807) is 6.92 Å². The minimum Gasteiger partial charge on any atom is -0.392 e. The van der Waals surface area contributed by atoms with Gasteiger partial charge in [0.25, 0.3) is 0 Å². The van der Waals surface area contributed by atoms with Gasteiger partial charge in [0, 0.05) is 36.3 Å². The number of aliphatic hydroxyl groups excluding tert-OH is 1. The number of hydrogen-bond donors (Lipinski definition) is 2. The van der Waals surface area contributed by atoms with Crippen LogP contribution in [-0.2, 0) is 6.54 Å². The minimum absolute atomic E-state index is 0.333. The smallest absolute Gasteiger partial charge is 0.0686 e. The highest BCUT2D eigenvalue weighted by atomic mass is 79.9. The van der Waals surface area contributed by atoms with Gasteiger partial charge in [-0.25, -0.2) is 0 Å². The van der Waals surface area contributed by atoms with Gasteiger partial charge in [-0.1, -0.05) is 35.8 Å². The van der Waals surface area contributed by atoms with E-state index in [1.165, 1.54) is 5.56 Å². The number of anilines is 1. The zero-order valence-corrected chi connectivity index (χ0v) is 13.2. The van der Waals surface area contributed by atoms with Crippen molar-refractivity contribution in [3.63, 3.8) is 0 Å². The van der Waals surface area contributed by atoms with Gasteiger partial charge in [0.05, 0.1) is 6.10 Å². The summed E-state index contributed by atoms with van der Waals surface area (Å²) in [5.74, 6) is 0. The Labute approximate surface area is 118 Å². The van der Waals surface area contributed by atoms with Crippen LogP contribution in [0.5, 0.6) is 0 Å². The second-order valence-corrected chi connectivity index (χ2v) is 5.95. The summed E-state index contributed by atoms with van der Waals surface area (Å²) in [4.78, 5) is 2.09. The van der Waals surface area contributed by atoms with Gasteiger partial charge in [0.2, 0.25) is 0 Å². The van der Waals surface area contributed by atoms with Gasteiger partial charge in [-0.05, 0) is 24.6 Å². The van der Waals surface area contributed by atoms with Crippen LogP contribution in [0.4, 0.5) is 5.69 Å². The third-order valence-corrected chi connectivity index (χ3v) is 3.19. The predicted octanol–water partition coefficient (Wildman–Crippen LogP) is 2.76. The van der Waals surface area contributed by atoms with E-state index in [2.05, 4.69) is 58.2 Å². The molecule has 0 saturated carbocycles. The van der Waals surface area contributed by atoms with E-state index >= 15 is 0 Å². The number of rotatable bonds is 6. The number of nitrogens with one attached hydrogen (secondary N) is 1. The average Bonchev–Trinajstić information content (AvgIpc) is 2.26. The summed E-state index contributed by atoms with van der Waals surface area (Å²) in [7, 11) is 2.01. The van der Waals surface area contributed by atoms with Crippen molar-refractivity contribution in [3.05, 3.63) is 28.2 Å². The van der Waals surface area contributed by atoms with Crippen molar-refractivity contribution >= 4 is 21.6 Å². The third-order valence-electron chi connectivity index (χ3n) is 2.70. The molecule has 1 aromatic carbocycles. The first-order chi connectivity index (χ1) is 8.40. The van der Waals surface area contributed by atoms with Crippen LogP contribution < -0.4 is 10.2 Å². The summed E-state index contributed by atoms with van der Waals surface area (Å²) in [5, 5.41) is 12.9. The number of hydrogen-bond acceptors (Lipinski definition) is 3. The highest BCUT2D eigenvalue weighted by molar-refractivity contribution is 9.10. The van der Waals surface area contributed by atoms with Crippen molar-refractivity contribution in [3.8, 4) is 0 Å². The molecule has 2 N–H and O–H groups in total. The molecule has 0 heterocycles. The lowest BCUT2D eigenvalue weighted by molar-refractivity contribution is 0.201. The minimum atomic E-state index is -0.333. The maximum absolute atomic E-state index is 9.49. The fourth-order valence-electron chi connectivity index (χ4n) is 1.85. The van der Waals surface area contributed by atoms with Gasteiger partial charge >= 0.3 is 0 Å². The molecule has 0 amide bonds. The summed E-state index contributed by atoms with van der Waals surface area (Å²) >= 11 is 3.50. The molecule has 0 saturated heterocycles. The highest BCUT2D eigenvalue weighted by Gasteiger charge is 2.10. The van der Waals surface area contributed by atoms with Gasteiger partial charge in [0.15, 0.2) is 0 Å². The van der Waals surface area contributed by atoms with Gasteiger partial charge < -0.3 is 15.3 Å². The summed E-state index contributed by atoms with van der Waals surface area (Å²) < 4.78 is 1.06. The Morgan fingerprint density at radius 2 is 2.00 bits per heavy atom. The molecule has 3 nitrogen and oxygen atoms in total. The molecule has 1 aromatic rings. The van der Waals surface area contributed by atoms with Crippen LogP contribution in [-0.4, -0.2) is 30.8 Å². The first kappa shape index (κ1) is 15.5. The number of aliphatic hydroxyl groups is 1. The molecule has 4 heteroatoms. The van der Waals surface area contributed by atoms with Gasteiger partial charge in [-0.3, -0.25) is 0 Å². The molecule has 0 spiro atoms. The number of halogens is 1. The van der Waals surface area contributed by atoms with Crippen LogP contribution in [0.15, 0.2) is 22.7 Å². The van der Waals surface area contributed by atoms with Crippen molar-refractivity contribution in [2.45, 2.75) is 39.5 Å². The van der Waals surface area contributed by atoms with E-state index in [-0.39, 0.29) is 6.10 Å². The lowest BCUT2D eigenvalue weighted by atomic mass is 10.1. The van der Waals surface area contributed by atoms with E-state index in [0.717, 1.165) is 16.7 Å². The van der Waals surface area contributed by atoms with Crippen LogP contribution >= 0.6 is 15.9 Å². The molecule has 0 aromatic heterocycles. The van der Waals surface area contributed by atoms with E-state index in [9.17, 15) is 5.11 Å². The van der Waals surface area contributed by atoms with E-state index in [1.807, 2.05) is 7.05 Å². The maximum atomic E-state index is 9.49. The van der Waals surface area contributed by atoms with Crippen LogP contribution in [0.2, 0.25) is 0 Å². The molecule has 1 rings (SSSR count). The van der Waals surface area contributed by atoms with Crippen LogP contribution in [0.25, 0.3) is 0 Å². The summed E-state index contributed by atoms with van der Waals surface area (Å²) in [5.41, 5.74) is 2.40. The van der Waals surface area contributed by atoms with Crippen molar-refractivity contribution in [2.75, 3.05) is 18.5 Å². The number of likely N-dealkylation sites (N-methyl/N-ethyl adjacent to an activating group) is 1. The second-order valence-electron chi connectivity index (χ2n) is 5.04. The molecule has 1 atom stereocenters. The maximum Gasteiger partial charge on any atom is 0.0686 e. The summed E-state index contributed by atoms with van der Waals surface area (Å²) in [6.07, 6.45) is -0.333. The van der Waals surface area contributed by atoms with Crippen molar-refractivity contribution < 1.29 is 5.11 Å². The first-order valence-corrected chi connectivity index (χ1v) is 7.10. The predicted molar refractivity (Wildman–Crippen MR) is 81.1 cm³/mol. The molecule has 0 radical (unpaired) electrons. The third kappa shape index (κ3) is 4.96. The normalized spacial score (nSPS) is 12.8. The summed E-state index contributed by atoms with van der Waals surface area (Å²) in [6, 6.07) is 6.73. The standard InChI is InChI=1S/C14H23BrN2O/c1-10(2)16-8-12-5-6-13(15)7-14(12)17(4)9-11(3)18/h5-7,10-11,16,18H,8-9H2,1-4H3. The Bertz CT molecular complexity index is 380. The molecule has 0 fully saturated rings. The van der Waals surface area contributed by atoms with Crippen LogP contribution in [0.3, 0.4) is 0 Å². The van der Waals surface area contributed by atoms with Gasteiger partial charge in [-0.15, -0.1) is 0 Å². The highest BCUT2D eigenvalue weighted by Crippen LogP contribution is 2.24. The Morgan fingerprint density at radius 1 is 1.33 bits per heavy atom. The fourth-order valence-corrected chi connectivity index (χ4v) is 2.20. The largest absolute Gasteiger partial charge is 0.392 e. The van der Waals surface area contributed by atoms with Crippen molar-refractivity contribution in [1.29, 1.82) is 0 Å². The lowest BCUT2D eigenvalue weighted by Crippen LogP contribution is -2.29. The lowest BCUT2D eigenvalue weighted by Gasteiger charge is -2.24. The molecule has 102 valence electrons. The first-order valence-electron chi connectivity index (χ1n) is 6.31. The monoisotopic (exact) mass is 314 g/mol. The van der Waals surface area contributed by atoms with Gasteiger partial charge in [-0.2, -0.15) is 0 Å². The molecule has 0 aliphatic rings. The topological polar surface area (TPSA) is 35.5 Å². The zero-order valence-electron chi connectivity index (χ0n) is 11.6. The Hall–Kier alpha value is -0.580. The van der Waals surface area contributed by atoms with Crippen LogP contribution in [0, 0.1) is 0 Å². The molecular weight excluding hydrogens is 292 g/mol. The molecule has 0 bridgehead atoms. The second kappa shape index (κ2) is 7.12. The molecular formula is C14H23BrN2O. The van der Waals surface area contributed by atoms with E-state index in [4.69, 9.17) is 0 Å². The van der Waals surface area contributed by atoms with E-state index < -0.39 is 0 Å². The Morgan fingerprint density at radius 3 is 2.56 bits per heavy atom. The average molecular weight is 315 g/mol. The fraction of sp³-hybridized carbons (Fsp3) is 0.571. The zero-order chi connectivity index (χ0) is 13.7. The SMILES string of the molecule is CC(O)CN(C)c1cc(Br)ccc1CNC(C)C. The Kier molecular flexibility index (Phi) is 6.12. The molecule has 1 unspecified atom stereocenters.